The number of rotatable bonds is 0. The highest BCUT2D eigenvalue weighted by atomic mass is 15.2. The van der Waals surface area contributed by atoms with Gasteiger partial charge in [-0.1, -0.05) is 38.0 Å². The molecule has 1 nitrogen and oxygen atoms in total. The minimum atomic E-state index is 0.420. The molecule has 1 aromatic rings. The van der Waals surface area contributed by atoms with E-state index in [1.807, 2.05) is 0 Å². The van der Waals surface area contributed by atoms with E-state index >= 15 is 0 Å². The predicted molar refractivity (Wildman–Crippen MR) is 64.5 cm³/mol. The molecule has 1 fully saturated rings. The summed E-state index contributed by atoms with van der Waals surface area (Å²) in [6.45, 7) is 2.46. The summed E-state index contributed by atoms with van der Waals surface area (Å²) in [5.74, 6) is 0. The van der Waals surface area contributed by atoms with Gasteiger partial charge < -0.3 is 4.90 Å². The van der Waals surface area contributed by atoms with Crippen molar-refractivity contribution < 1.29 is 0 Å². The average molecular weight is 201 g/mol. The van der Waals surface area contributed by atoms with E-state index in [4.69, 9.17) is 0 Å². The lowest BCUT2D eigenvalue weighted by atomic mass is 9.69. The van der Waals surface area contributed by atoms with Crippen molar-refractivity contribution in [3.63, 3.8) is 0 Å². The van der Waals surface area contributed by atoms with Crippen molar-refractivity contribution in [2.75, 3.05) is 11.9 Å². The summed E-state index contributed by atoms with van der Waals surface area (Å²) < 4.78 is 0. The molecule has 0 bridgehead atoms. The van der Waals surface area contributed by atoms with Crippen LogP contribution in [0, 0.1) is 0 Å². The molecule has 0 spiro atoms. The van der Waals surface area contributed by atoms with Crippen molar-refractivity contribution in [1.29, 1.82) is 0 Å². The summed E-state index contributed by atoms with van der Waals surface area (Å²) in [6, 6.07) is 9.70. The Hall–Kier alpha value is -0.980. The van der Waals surface area contributed by atoms with Crippen molar-refractivity contribution in [2.24, 2.45) is 0 Å². The van der Waals surface area contributed by atoms with Crippen molar-refractivity contribution in [3.05, 3.63) is 29.8 Å². The zero-order valence-corrected chi connectivity index (χ0v) is 9.66. The maximum atomic E-state index is 2.51. The first-order valence-electron chi connectivity index (χ1n) is 6.06. The molecule has 2 aliphatic rings. The molecule has 1 aliphatic heterocycles. The number of benzene rings is 1. The van der Waals surface area contributed by atoms with Gasteiger partial charge in [0.25, 0.3) is 0 Å². The van der Waals surface area contributed by atoms with Gasteiger partial charge >= 0.3 is 0 Å². The highest BCUT2D eigenvalue weighted by Gasteiger charge is 2.46. The van der Waals surface area contributed by atoms with Gasteiger partial charge in [0, 0.05) is 24.2 Å². The molecular weight excluding hydrogens is 182 g/mol. The summed E-state index contributed by atoms with van der Waals surface area (Å²) in [5, 5.41) is 0. The van der Waals surface area contributed by atoms with Crippen LogP contribution in [0.3, 0.4) is 0 Å². The van der Waals surface area contributed by atoms with E-state index in [1.165, 1.54) is 31.4 Å². The normalized spacial score (nSPS) is 33.7. The smallest absolute Gasteiger partial charge is 0.0405 e. The Balaban J connectivity index is 2.15. The van der Waals surface area contributed by atoms with Crippen LogP contribution in [0.15, 0.2) is 24.3 Å². The third-order valence-electron chi connectivity index (χ3n) is 4.53. The minimum absolute atomic E-state index is 0.420. The van der Waals surface area contributed by atoms with Crippen LogP contribution < -0.4 is 4.90 Å². The van der Waals surface area contributed by atoms with Gasteiger partial charge in [0.05, 0.1) is 0 Å². The highest BCUT2D eigenvalue weighted by molar-refractivity contribution is 5.63. The number of likely N-dealkylation sites (N-methyl/N-ethyl adjacent to an activating group) is 1. The number of nitrogens with zero attached hydrogens (tertiary/aromatic N) is 1. The number of fused-ring (bicyclic) bond motifs is 3. The van der Waals surface area contributed by atoms with Crippen molar-refractivity contribution in [3.8, 4) is 0 Å². The molecule has 15 heavy (non-hydrogen) atoms. The summed E-state index contributed by atoms with van der Waals surface area (Å²) in [6.07, 6.45) is 5.52. The van der Waals surface area contributed by atoms with Gasteiger partial charge in [0.2, 0.25) is 0 Å². The minimum Gasteiger partial charge on any atom is -0.370 e. The second kappa shape index (κ2) is 3.01. The first-order chi connectivity index (χ1) is 7.23. The maximum Gasteiger partial charge on any atom is 0.0405 e. The quantitative estimate of drug-likeness (QED) is 0.622. The fourth-order valence-corrected chi connectivity index (χ4v) is 3.68. The van der Waals surface area contributed by atoms with Gasteiger partial charge in [-0.05, 0) is 24.5 Å². The van der Waals surface area contributed by atoms with Crippen LogP contribution >= 0.6 is 0 Å². The Morgan fingerprint density at radius 2 is 2.07 bits per heavy atom. The van der Waals surface area contributed by atoms with Crippen LogP contribution in [0.2, 0.25) is 0 Å². The topological polar surface area (TPSA) is 3.24 Å². The van der Waals surface area contributed by atoms with Crippen LogP contribution in [0.5, 0.6) is 0 Å². The Labute approximate surface area is 92.1 Å². The molecule has 80 valence electrons. The summed E-state index contributed by atoms with van der Waals surface area (Å²) >= 11 is 0. The second-order valence-corrected chi connectivity index (χ2v) is 5.31. The first kappa shape index (κ1) is 9.26. The Morgan fingerprint density at radius 1 is 1.27 bits per heavy atom. The SMILES string of the molecule is CN1c2ccccc2[C@@]2(C)CCCC[C@H]12. The fraction of sp³-hybridized carbons (Fsp3) is 0.571. The number of hydrogen-bond acceptors (Lipinski definition) is 1. The van der Waals surface area contributed by atoms with Gasteiger partial charge in [0.15, 0.2) is 0 Å². The number of hydrogen-bond donors (Lipinski definition) is 0. The van der Waals surface area contributed by atoms with Crippen molar-refractivity contribution in [1.82, 2.24) is 0 Å². The van der Waals surface area contributed by atoms with Crippen LogP contribution in [0.1, 0.15) is 38.2 Å². The third kappa shape index (κ3) is 1.09. The lowest BCUT2D eigenvalue weighted by Crippen LogP contribution is -2.43. The van der Waals surface area contributed by atoms with Gasteiger partial charge in [-0.2, -0.15) is 0 Å². The lowest BCUT2D eigenvalue weighted by molar-refractivity contribution is 0.285. The zero-order valence-electron chi connectivity index (χ0n) is 9.66. The summed E-state index contributed by atoms with van der Waals surface area (Å²) in [7, 11) is 2.26. The molecule has 0 N–H and O–H groups in total. The van der Waals surface area contributed by atoms with Gasteiger partial charge in [-0.15, -0.1) is 0 Å². The molecule has 1 heterocycles. The predicted octanol–water partition coefficient (Wildman–Crippen LogP) is 3.34. The van der Waals surface area contributed by atoms with E-state index in [9.17, 15) is 0 Å². The standard InChI is InChI=1S/C14H19N/c1-14-10-6-5-9-13(14)15(2)12-8-4-3-7-11(12)14/h3-4,7-8,13H,5-6,9-10H2,1-2H3/t13-,14+/m0/s1. The van der Waals surface area contributed by atoms with E-state index in [0.717, 1.165) is 6.04 Å². The van der Waals surface area contributed by atoms with Gasteiger partial charge in [-0.25, -0.2) is 0 Å². The van der Waals surface area contributed by atoms with Crippen molar-refractivity contribution in [2.45, 2.75) is 44.1 Å². The molecular formula is C14H19N. The summed E-state index contributed by atoms with van der Waals surface area (Å²) in [5.41, 5.74) is 3.47. The lowest BCUT2D eigenvalue weighted by Gasteiger charge is -2.39. The zero-order chi connectivity index (χ0) is 10.5. The molecule has 0 aromatic heterocycles. The number of para-hydroxylation sites is 1. The molecule has 2 atom stereocenters. The van der Waals surface area contributed by atoms with E-state index < -0.39 is 0 Å². The molecule has 1 saturated carbocycles. The van der Waals surface area contributed by atoms with E-state index in [-0.39, 0.29) is 0 Å². The molecule has 1 aliphatic carbocycles. The van der Waals surface area contributed by atoms with Crippen LogP contribution in [0.25, 0.3) is 0 Å². The van der Waals surface area contributed by atoms with Crippen LogP contribution in [-0.4, -0.2) is 13.1 Å². The molecule has 0 saturated heterocycles. The maximum absolute atomic E-state index is 2.51. The van der Waals surface area contributed by atoms with E-state index in [2.05, 4.69) is 43.1 Å². The molecule has 1 aromatic carbocycles. The fourth-order valence-electron chi connectivity index (χ4n) is 3.68. The van der Waals surface area contributed by atoms with E-state index in [1.54, 1.807) is 5.56 Å². The average Bonchev–Trinajstić information content (AvgIpc) is 2.50. The molecule has 0 unspecified atom stereocenters. The van der Waals surface area contributed by atoms with Crippen LogP contribution in [-0.2, 0) is 5.41 Å². The Morgan fingerprint density at radius 3 is 2.93 bits per heavy atom. The monoisotopic (exact) mass is 201 g/mol. The second-order valence-electron chi connectivity index (χ2n) is 5.31. The Kier molecular flexibility index (Phi) is 1.86. The van der Waals surface area contributed by atoms with Crippen molar-refractivity contribution >= 4 is 5.69 Å². The molecule has 1 heteroatoms. The van der Waals surface area contributed by atoms with Crippen LogP contribution in [0.4, 0.5) is 5.69 Å². The highest BCUT2D eigenvalue weighted by Crippen LogP contribution is 2.50. The van der Waals surface area contributed by atoms with Gasteiger partial charge in [-0.3, -0.25) is 0 Å². The number of anilines is 1. The molecule has 3 rings (SSSR count). The summed E-state index contributed by atoms with van der Waals surface area (Å²) in [4.78, 5) is 2.51. The first-order valence-corrected chi connectivity index (χ1v) is 6.06. The third-order valence-corrected chi connectivity index (χ3v) is 4.53. The molecule has 0 radical (unpaired) electrons. The largest absolute Gasteiger partial charge is 0.370 e. The molecule has 0 amide bonds. The van der Waals surface area contributed by atoms with E-state index in [0.29, 0.717) is 5.41 Å². The van der Waals surface area contributed by atoms with Gasteiger partial charge in [0.1, 0.15) is 0 Å². The Bertz CT molecular complexity index is 385.